The van der Waals surface area contributed by atoms with Crippen LogP contribution < -0.4 is 5.32 Å². The van der Waals surface area contributed by atoms with Gasteiger partial charge in [-0.3, -0.25) is 4.79 Å². The summed E-state index contributed by atoms with van der Waals surface area (Å²) in [7, 11) is 0. The molecule has 1 heterocycles. The maximum Gasteiger partial charge on any atom is 0.256 e. The van der Waals surface area contributed by atoms with E-state index in [4.69, 9.17) is 16.0 Å². The largest absolute Gasteiger partial charge is 0.452 e. The Labute approximate surface area is 101 Å². The van der Waals surface area contributed by atoms with Crippen molar-refractivity contribution in [3.8, 4) is 0 Å². The first-order valence-electron chi connectivity index (χ1n) is 5.54. The quantitative estimate of drug-likeness (QED) is 0.860. The van der Waals surface area contributed by atoms with E-state index in [0.29, 0.717) is 11.5 Å². The van der Waals surface area contributed by atoms with Crippen LogP contribution in [0.2, 0.25) is 5.22 Å². The molecule has 0 aliphatic carbocycles. The van der Waals surface area contributed by atoms with Gasteiger partial charge in [0.2, 0.25) is 5.22 Å². The number of carbonyl (C=O) groups excluding carboxylic acids is 1. The van der Waals surface area contributed by atoms with Crippen molar-refractivity contribution in [3.63, 3.8) is 0 Å². The molecule has 1 unspecified atom stereocenters. The molecule has 0 bridgehead atoms. The van der Waals surface area contributed by atoms with Gasteiger partial charge in [0.15, 0.2) is 0 Å². The molecule has 0 radical (unpaired) electrons. The van der Waals surface area contributed by atoms with Crippen LogP contribution in [0.3, 0.4) is 0 Å². The molecule has 1 rings (SSSR count). The average molecular weight is 244 g/mol. The Balaban J connectivity index is 2.43. The van der Waals surface area contributed by atoms with Crippen LogP contribution in [0.5, 0.6) is 0 Å². The Morgan fingerprint density at radius 2 is 2.12 bits per heavy atom. The fourth-order valence-corrected chi connectivity index (χ4v) is 1.61. The van der Waals surface area contributed by atoms with Gasteiger partial charge in [0.05, 0.1) is 11.8 Å². The number of hydrogen-bond donors (Lipinski definition) is 1. The molecule has 1 aromatic heterocycles. The Bertz CT molecular complexity index is 347. The highest BCUT2D eigenvalue weighted by Gasteiger charge is 2.15. The summed E-state index contributed by atoms with van der Waals surface area (Å²) >= 11 is 5.72. The summed E-state index contributed by atoms with van der Waals surface area (Å²) in [6.07, 6.45) is 3.48. The Kier molecular flexibility index (Phi) is 4.87. The van der Waals surface area contributed by atoms with Gasteiger partial charge in [-0.2, -0.15) is 0 Å². The minimum Gasteiger partial charge on any atom is -0.452 e. The Morgan fingerprint density at radius 1 is 1.44 bits per heavy atom. The number of rotatable bonds is 5. The highest BCUT2D eigenvalue weighted by Crippen LogP contribution is 2.16. The molecule has 4 heteroatoms. The van der Waals surface area contributed by atoms with Crippen LogP contribution in [0.25, 0.3) is 0 Å². The van der Waals surface area contributed by atoms with Crippen LogP contribution in [0, 0.1) is 5.92 Å². The first-order valence-corrected chi connectivity index (χ1v) is 5.92. The van der Waals surface area contributed by atoms with E-state index in [0.717, 1.165) is 12.8 Å². The van der Waals surface area contributed by atoms with E-state index in [1.807, 2.05) is 6.92 Å². The first-order chi connectivity index (χ1) is 7.50. The predicted octanol–water partition coefficient (Wildman–Crippen LogP) is 3.49. The summed E-state index contributed by atoms with van der Waals surface area (Å²) in [5.74, 6) is 0.479. The molecule has 0 fully saturated rings. The fourth-order valence-electron chi connectivity index (χ4n) is 1.41. The zero-order valence-corrected chi connectivity index (χ0v) is 10.7. The van der Waals surface area contributed by atoms with Crippen molar-refractivity contribution in [2.45, 2.75) is 39.7 Å². The van der Waals surface area contributed by atoms with E-state index in [1.165, 1.54) is 6.26 Å². The molecule has 1 amide bonds. The third kappa shape index (κ3) is 3.89. The Hall–Kier alpha value is -0.960. The molecule has 1 aromatic rings. The number of halogens is 1. The van der Waals surface area contributed by atoms with Crippen molar-refractivity contribution in [1.29, 1.82) is 0 Å². The minimum absolute atomic E-state index is 0.147. The Morgan fingerprint density at radius 3 is 2.62 bits per heavy atom. The predicted molar refractivity (Wildman–Crippen MR) is 64.7 cm³/mol. The second kappa shape index (κ2) is 5.94. The first kappa shape index (κ1) is 13.1. The standard InChI is InChI=1S/C12H18ClNO2/c1-8(2)4-5-9(3)14-12(15)10-6-7-16-11(10)13/h6-9H,4-5H2,1-3H3,(H,14,15). The summed E-state index contributed by atoms with van der Waals surface area (Å²) in [5, 5.41) is 3.04. The lowest BCUT2D eigenvalue weighted by atomic mass is 10.0. The van der Waals surface area contributed by atoms with Gasteiger partial charge in [0.25, 0.3) is 5.91 Å². The van der Waals surface area contributed by atoms with E-state index in [9.17, 15) is 4.79 Å². The van der Waals surface area contributed by atoms with Crippen LogP contribution in [-0.2, 0) is 0 Å². The summed E-state index contributed by atoms with van der Waals surface area (Å²) in [4.78, 5) is 11.7. The second-order valence-electron chi connectivity index (χ2n) is 4.45. The molecule has 0 aliphatic heterocycles. The third-order valence-electron chi connectivity index (χ3n) is 2.42. The monoisotopic (exact) mass is 243 g/mol. The minimum atomic E-state index is -0.171. The van der Waals surface area contributed by atoms with Crippen LogP contribution in [0.4, 0.5) is 0 Å². The molecular weight excluding hydrogens is 226 g/mol. The molecule has 3 nitrogen and oxygen atoms in total. The summed E-state index contributed by atoms with van der Waals surface area (Å²) in [6, 6.07) is 1.73. The summed E-state index contributed by atoms with van der Waals surface area (Å²) in [5.41, 5.74) is 0.401. The maximum absolute atomic E-state index is 11.7. The van der Waals surface area contributed by atoms with Gasteiger partial charge in [-0.05, 0) is 43.4 Å². The molecule has 16 heavy (non-hydrogen) atoms. The van der Waals surface area contributed by atoms with Crippen LogP contribution in [0.1, 0.15) is 44.0 Å². The van der Waals surface area contributed by atoms with Crippen molar-refractivity contribution in [1.82, 2.24) is 5.32 Å². The molecule has 90 valence electrons. The number of hydrogen-bond acceptors (Lipinski definition) is 2. The summed E-state index contributed by atoms with van der Waals surface area (Å²) < 4.78 is 4.87. The molecule has 0 spiro atoms. The molecule has 1 atom stereocenters. The molecule has 0 aliphatic rings. The molecule has 1 N–H and O–H groups in total. The van der Waals surface area contributed by atoms with Gasteiger partial charge in [-0.25, -0.2) is 0 Å². The lowest BCUT2D eigenvalue weighted by molar-refractivity contribution is 0.0937. The van der Waals surface area contributed by atoms with Gasteiger partial charge >= 0.3 is 0 Å². The van der Waals surface area contributed by atoms with Gasteiger partial charge in [-0.15, -0.1) is 0 Å². The molecule has 0 saturated carbocycles. The van der Waals surface area contributed by atoms with E-state index >= 15 is 0 Å². The third-order valence-corrected chi connectivity index (χ3v) is 2.71. The van der Waals surface area contributed by atoms with Crippen LogP contribution in [-0.4, -0.2) is 11.9 Å². The lowest BCUT2D eigenvalue weighted by Gasteiger charge is -2.14. The lowest BCUT2D eigenvalue weighted by Crippen LogP contribution is -2.32. The normalized spacial score (nSPS) is 12.8. The van der Waals surface area contributed by atoms with Gasteiger partial charge in [0.1, 0.15) is 0 Å². The van der Waals surface area contributed by atoms with Crippen molar-refractivity contribution in [2.24, 2.45) is 5.92 Å². The summed E-state index contributed by atoms with van der Waals surface area (Å²) in [6.45, 7) is 6.33. The number of nitrogens with one attached hydrogen (secondary N) is 1. The topological polar surface area (TPSA) is 42.2 Å². The smallest absolute Gasteiger partial charge is 0.256 e. The maximum atomic E-state index is 11.7. The highest BCUT2D eigenvalue weighted by molar-refractivity contribution is 6.32. The number of carbonyl (C=O) groups is 1. The van der Waals surface area contributed by atoms with E-state index in [1.54, 1.807) is 6.07 Å². The van der Waals surface area contributed by atoms with E-state index < -0.39 is 0 Å². The zero-order valence-electron chi connectivity index (χ0n) is 9.92. The molecule has 0 aromatic carbocycles. The van der Waals surface area contributed by atoms with Crippen molar-refractivity contribution in [2.75, 3.05) is 0 Å². The fraction of sp³-hybridized carbons (Fsp3) is 0.583. The van der Waals surface area contributed by atoms with E-state index in [2.05, 4.69) is 19.2 Å². The van der Waals surface area contributed by atoms with E-state index in [-0.39, 0.29) is 17.2 Å². The number of furan rings is 1. The van der Waals surface area contributed by atoms with Gasteiger partial charge < -0.3 is 9.73 Å². The SMILES string of the molecule is CC(C)CCC(C)NC(=O)c1ccoc1Cl. The van der Waals surface area contributed by atoms with Crippen LogP contribution >= 0.6 is 11.6 Å². The van der Waals surface area contributed by atoms with Crippen molar-refractivity contribution < 1.29 is 9.21 Å². The highest BCUT2D eigenvalue weighted by atomic mass is 35.5. The van der Waals surface area contributed by atoms with Crippen molar-refractivity contribution >= 4 is 17.5 Å². The molecular formula is C12H18ClNO2. The average Bonchev–Trinajstić information content (AvgIpc) is 2.61. The molecule has 0 saturated heterocycles. The van der Waals surface area contributed by atoms with Crippen molar-refractivity contribution in [3.05, 3.63) is 23.1 Å². The van der Waals surface area contributed by atoms with Gasteiger partial charge in [0, 0.05) is 6.04 Å². The second-order valence-corrected chi connectivity index (χ2v) is 4.80. The van der Waals surface area contributed by atoms with Crippen LogP contribution in [0.15, 0.2) is 16.7 Å². The zero-order chi connectivity index (χ0) is 12.1. The van der Waals surface area contributed by atoms with Gasteiger partial charge in [-0.1, -0.05) is 13.8 Å². The number of amides is 1.